The third kappa shape index (κ3) is 7.06. The Kier molecular flexibility index (Phi) is 8.84. The quantitative estimate of drug-likeness (QED) is 0.380. The van der Waals surface area contributed by atoms with Crippen LogP contribution in [-0.2, 0) is 6.54 Å². The van der Waals surface area contributed by atoms with Crippen molar-refractivity contribution in [1.29, 1.82) is 5.26 Å². The van der Waals surface area contributed by atoms with E-state index in [0.717, 1.165) is 48.4 Å². The number of rotatable bonds is 7. The highest BCUT2D eigenvalue weighted by Crippen LogP contribution is 2.31. The Balaban J connectivity index is 1.26. The van der Waals surface area contributed by atoms with Gasteiger partial charge in [-0.2, -0.15) is 5.26 Å². The lowest BCUT2D eigenvalue weighted by Crippen LogP contribution is -2.49. The Labute approximate surface area is 240 Å². The lowest BCUT2D eigenvalue weighted by atomic mass is 9.90. The van der Waals surface area contributed by atoms with Crippen LogP contribution in [0.1, 0.15) is 36.8 Å². The maximum atomic E-state index is 13.6. The van der Waals surface area contributed by atoms with Gasteiger partial charge in [-0.05, 0) is 67.6 Å². The van der Waals surface area contributed by atoms with Crippen LogP contribution in [-0.4, -0.2) is 65.4 Å². The molecule has 0 unspecified atom stereocenters. The van der Waals surface area contributed by atoms with Gasteiger partial charge in [0.05, 0.1) is 5.56 Å². The van der Waals surface area contributed by atoms with Gasteiger partial charge in [-0.25, -0.2) is 14.6 Å². The SMILES string of the molecule is N#Cc1ccc(NC2CCC(N(C(=O)NCc3ccccc3)c3ccc(N4CCN(C(=O)O)CC4)cc3)CC2)nc1. The molecular weight excluding hydrogens is 518 g/mol. The molecule has 3 N–H and O–H groups in total. The minimum Gasteiger partial charge on any atom is -0.465 e. The maximum Gasteiger partial charge on any atom is 0.407 e. The molecule has 0 radical (unpaired) electrons. The number of amides is 3. The summed E-state index contributed by atoms with van der Waals surface area (Å²) in [5.41, 5.74) is 3.43. The number of piperazine rings is 1. The summed E-state index contributed by atoms with van der Waals surface area (Å²) in [6.45, 7) is 2.67. The van der Waals surface area contributed by atoms with Crippen molar-refractivity contribution in [3.8, 4) is 6.07 Å². The second kappa shape index (κ2) is 13.0. The number of nitrogens with one attached hydrogen (secondary N) is 2. The molecule has 2 aliphatic rings. The van der Waals surface area contributed by atoms with E-state index in [1.54, 1.807) is 12.3 Å². The summed E-state index contributed by atoms with van der Waals surface area (Å²) >= 11 is 0. The summed E-state index contributed by atoms with van der Waals surface area (Å²) < 4.78 is 0. The molecule has 1 aliphatic carbocycles. The Bertz CT molecular complexity index is 1340. The lowest BCUT2D eigenvalue weighted by molar-refractivity contribution is 0.142. The van der Waals surface area contributed by atoms with Gasteiger partial charge in [-0.3, -0.25) is 4.90 Å². The van der Waals surface area contributed by atoms with E-state index in [1.807, 2.05) is 65.6 Å². The molecule has 1 aromatic heterocycles. The van der Waals surface area contributed by atoms with Crippen LogP contribution in [0.2, 0.25) is 0 Å². The molecule has 10 heteroatoms. The average molecular weight is 554 g/mol. The molecule has 2 heterocycles. The fourth-order valence-electron chi connectivity index (χ4n) is 5.57. The number of aromatic nitrogens is 1. The predicted octanol–water partition coefficient (Wildman–Crippen LogP) is 4.89. The molecule has 2 fully saturated rings. The van der Waals surface area contributed by atoms with Crippen molar-refractivity contribution in [2.45, 2.75) is 44.3 Å². The molecule has 1 saturated carbocycles. The van der Waals surface area contributed by atoms with Crippen LogP contribution < -0.4 is 20.4 Å². The summed E-state index contributed by atoms with van der Waals surface area (Å²) in [5, 5.41) is 24.8. The van der Waals surface area contributed by atoms with E-state index >= 15 is 0 Å². The second-order valence-corrected chi connectivity index (χ2v) is 10.5. The molecule has 3 amide bonds. The molecule has 41 heavy (non-hydrogen) atoms. The zero-order valence-corrected chi connectivity index (χ0v) is 22.9. The van der Waals surface area contributed by atoms with Gasteiger partial charge in [-0.1, -0.05) is 30.3 Å². The first-order chi connectivity index (χ1) is 20.0. The second-order valence-electron chi connectivity index (χ2n) is 10.5. The normalized spacial score (nSPS) is 18.7. The van der Waals surface area contributed by atoms with Gasteiger partial charge in [0.1, 0.15) is 11.9 Å². The van der Waals surface area contributed by atoms with E-state index in [2.05, 4.69) is 26.6 Å². The van der Waals surface area contributed by atoms with Gasteiger partial charge in [0, 0.05) is 62.4 Å². The lowest BCUT2D eigenvalue weighted by Gasteiger charge is -2.38. The monoisotopic (exact) mass is 553 g/mol. The highest BCUT2D eigenvalue weighted by Gasteiger charge is 2.30. The van der Waals surface area contributed by atoms with Crippen molar-refractivity contribution < 1.29 is 14.7 Å². The Hall–Kier alpha value is -4.78. The van der Waals surface area contributed by atoms with E-state index in [-0.39, 0.29) is 18.1 Å². The summed E-state index contributed by atoms with van der Waals surface area (Å²) in [5.74, 6) is 0.754. The molecular formula is C31H35N7O3. The highest BCUT2D eigenvalue weighted by atomic mass is 16.4. The topological polar surface area (TPSA) is 125 Å². The first kappa shape index (κ1) is 27.8. The Morgan fingerprint density at radius 2 is 1.66 bits per heavy atom. The summed E-state index contributed by atoms with van der Waals surface area (Å²) in [6, 6.07) is 23.8. The third-order valence-electron chi connectivity index (χ3n) is 7.86. The zero-order chi connectivity index (χ0) is 28.6. The van der Waals surface area contributed by atoms with Crippen LogP contribution in [0.3, 0.4) is 0 Å². The van der Waals surface area contributed by atoms with E-state index in [9.17, 15) is 14.7 Å². The number of urea groups is 1. The van der Waals surface area contributed by atoms with E-state index < -0.39 is 6.09 Å². The number of carbonyl (C=O) groups excluding carboxylic acids is 1. The fourth-order valence-corrected chi connectivity index (χ4v) is 5.57. The average Bonchev–Trinajstić information content (AvgIpc) is 3.02. The highest BCUT2D eigenvalue weighted by molar-refractivity contribution is 5.92. The Morgan fingerprint density at radius 3 is 2.27 bits per heavy atom. The molecule has 5 rings (SSSR count). The molecule has 212 valence electrons. The first-order valence-corrected chi connectivity index (χ1v) is 14.1. The van der Waals surface area contributed by atoms with Crippen molar-refractivity contribution in [2.24, 2.45) is 0 Å². The molecule has 10 nitrogen and oxygen atoms in total. The predicted molar refractivity (Wildman–Crippen MR) is 158 cm³/mol. The number of hydrogen-bond donors (Lipinski definition) is 3. The number of benzene rings is 2. The number of pyridine rings is 1. The van der Waals surface area contributed by atoms with Gasteiger partial charge in [0.25, 0.3) is 0 Å². The number of carbonyl (C=O) groups is 2. The smallest absolute Gasteiger partial charge is 0.407 e. The van der Waals surface area contributed by atoms with E-state index in [1.165, 1.54) is 4.90 Å². The van der Waals surface area contributed by atoms with Gasteiger partial charge in [-0.15, -0.1) is 0 Å². The van der Waals surface area contributed by atoms with Crippen LogP contribution in [0.5, 0.6) is 0 Å². The number of nitriles is 1. The molecule has 1 saturated heterocycles. The molecule has 0 atom stereocenters. The molecule has 3 aromatic rings. The zero-order valence-electron chi connectivity index (χ0n) is 22.9. The van der Waals surface area contributed by atoms with Crippen LogP contribution in [0.25, 0.3) is 0 Å². The van der Waals surface area contributed by atoms with Crippen molar-refractivity contribution in [3.63, 3.8) is 0 Å². The van der Waals surface area contributed by atoms with E-state index in [4.69, 9.17) is 5.26 Å². The van der Waals surface area contributed by atoms with Crippen molar-refractivity contribution >= 4 is 29.3 Å². The summed E-state index contributed by atoms with van der Waals surface area (Å²) in [4.78, 5) is 34.7. The largest absolute Gasteiger partial charge is 0.465 e. The van der Waals surface area contributed by atoms with Crippen molar-refractivity contribution in [1.82, 2.24) is 15.2 Å². The van der Waals surface area contributed by atoms with E-state index in [0.29, 0.717) is 38.3 Å². The Morgan fingerprint density at radius 1 is 0.951 bits per heavy atom. The number of carboxylic acid groups (broad SMARTS) is 1. The number of anilines is 3. The molecule has 2 aromatic carbocycles. The third-order valence-corrected chi connectivity index (χ3v) is 7.86. The standard InChI is InChI=1S/C31H35N7O3/c32-20-24-6-15-29(33-22-24)35-25-7-9-27(10-8-25)38(30(39)34-21-23-4-2-1-3-5-23)28-13-11-26(12-14-28)36-16-18-37(19-17-36)31(40)41/h1-6,11-15,22,25,27H,7-10,16-19,21H2,(H,33,35)(H,34,39)(H,40,41). The molecule has 1 aliphatic heterocycles. The maximum absolute atomic E-state index is 13.6. The van der Waals surface area contributed by atoms with Crippen LogP contribution >= 0.6 is 0 Å². The minimum absolute atomic E-state index is 0.0442. The van der Waals surface area contributed by atoms with Gasteiger partial charge in [0.2, 0.25) is 0 Å². The first-order valence-electron chi connectivity index (χ1n) is 14.1. The fraction of sp³-hybridized carbons (Fsp3) is 0.355. The van der Waals surface area contributed by atoms with Gasteiger partial charge in [0.15, 0.2) is 0 Å². The van der Waals surface area contributed by atoms with Gasteiger partial charge >= 0.3 is 12.1 Å². The summed E-state index contributed by atoms with van der Waals surface area (Å²) in [6.07, 6.45) is 4.15. The molecule has 0 bridgehead atoms. The van der Waals surface area contributed by atoms with Crippen molar-refractivity contribution in [3.05, 3.63) is 84.1 Å². The van der Waals surface area contributed by atoms with Crippen molar-refractivity contribution in [2.75, 3.05) is 41.3 Å². The molecule has 0 spiro atoms. The minimum atomic E-state index is -0.879. The number of nitrogens with zero attached hydrogens (tertiary/aromatic N) is 5. The summed E-state index contributed by atoms with van der Waals surface area (Å²) in [7, 11) is 0. The van der Waals surface area contributed by atoms with Crippen LogP contribution in [0.15, 0.2) is 72.9 Å². The van der Waals surface area contributed by atoms with Crippen LogP contribution in [0, 0.1) is 11.3 Å². The van der Waals surface area contributed by atoms with Gasteiger partial charge < -0.3 is 25.5 Å². The van der Waals surface area contributed by atoms with Crippen LogP contribution in [0.4, 0.5) is 26.8 Å². The number of hydrogen-bond acceptors (Lipinski definition) is 6.